The average Bonchev–Trinajstić information content (AvgIpc) is 3.20. The number of hydrogen-bond donors (Lipinski definition) is 0. The highest BCUT2D eigenvalue weighted by atomic mass is 31.2. The quantitative estimate of drug-likeness (QED) is 0.184. The second-order valence-corrected chi connectivity index (χ2v) is 21.2. The van der Waals surface area contributed by atoms with Crippen molar-refractivity contribution < 1.29 is 36.5 Å². The Bertz CT molecular complexity index is 935. The highest BCUT2D eigenvalue weighted by Crippen LogP contribution is 2.55. The molecule has 37 heavy (non-hydrogen) atoms. The summed E-state index contributed by atoms with van der Waals surface area (Å²) >= 11 is 0. The second kappa shape index (κ2) is 11.8. The first kappa shape index (κ1) is 31.5. The van der Waals surface area contributed by atoms with Gasteiger partial charge in [0.2, 0.25) is 6.54 Å². The zero-order valence-electron chi connectivity index (χ0n) is 24.0. The van der Waals surface area contributed by atoms with Crippen molar-refractivity contribution in [3.63, 3.8) is 0 Å². The molecule has 0 bridgehead atoms. The normalized spacial score (nSPS) is 43.8. The highest BCUT2D eigenvalue weighted by Gasteiger charge is 2.51. The molecule has 3 fully saturated rings. The second-order valence-electron chi connectivity index (χ2n) is 12.0. The maximum atomic E-state index is 7.12. The molecule has 0 aliphatic carbocycles. The Morgan fingerprint density at radius 1 is 0.973 bits per heavy atom. The van der Waals surface area contributed by atoms with E-state index in [-0.39, 0.29) is 67.8 Å². The van der Waals surface area contributed by atoms with Crippen LogP contribution in [0.25, 0.3) is 4.85 Å². The summed E-state index contributed by atoms with van der Waals surface area (Å²) in [4.78, 5) is 3.39. The van der Waals surface area contributed by atoms with E-state index in [0.717, 1.165) is 0 Å². The first-order chi connectivity index (χ1) is 17.0. The zero-order valence-corrected chi connectivity index (χ0v) is 26.8. The van der Waals surface area contributed by atoms with E-state index >= 15 is 0 Å². The minimum Gasteiger partial charge on any atom is -0.409 e. The molecule has 4 unspecified atom stereocenters. The molecule has 0 aromatic heterocycles. The largest absolute Gasteiger partial charge is 0.409 e. The van der Waals surface area contributed by atoms with Crippen LogP contribution in [0.4, 0.5) is 0 Å². The summed E-state index contributed by atoms with van der Waals surface area (Å²) in [6, 6.07) is 0. The molecular formula is C25H47NO8P2Si. The molecule has 0 spiro atoms. The molecule has 3 heterocycles. The SMILES string of the molecule is [C-]#[N+]CCOP1(=C)OC[C@H]2O[C@@H](C)[C@@H](O[Si](C)(C)C(C)(C)C)C2OP(=C)(C)OC[C@H]2O[C@@H](C)C(C)[C@H]2O1. The summed E-state index contributed by atoms with van der Waals surface area (Å²) in [6.45, 7) is 27.0. The molecule has 0 aromatic carbocycles. The van der Waals surface area contributed by atoms with Crippen LogP contribution in [0, 0.1) is 12.5 Å². The Kier molecular flexibility index (Phi) is 10.1. The predicted molar refractivity (Wildman–Crippen MR) is 153 cm³/mol. The summed E-state index contributed by atoms with van der Waals surface area (Å²) in [5, 5.41) is 0.0208. The van der Waals surface area contributed by atoms with Gasteiger partial charge in [-0.1, -0.05) is 34.0 Å². The molecule has 9 nitrogen and oxygen atoms in total. The monoisotopic (exact) mass is 579 g/mol. The maximum absolute atomic E-state index is 7.12. The van der Waals surface area contributed by atoms with Crippen molar-refractivity contribution in [2.24, 2.45) is 5.92 Å². The average molecular weight is 580 g/mol. The molecule has 0 radical (unpaired) electrons. The Morgan fingerprint density at radius 3 is 2.19 bits per heavy atom. The van der Waals surface area contributed by atoms with E-state index in [1.807, 2.05) is 20.5 Å². The molecule has 3 aliphatic heterocycles. The molecule has 10 atom stereocenters. The van der Waals surface area contributed by atoms with Crippen LogP contribution in [-0.2, 0) is 36.5 Å². The molecule has 12 heteroatoms. The number of hydrogen-bond acceptors (Lipinski definition) is 8. The van der Waals surface area contributed by atoms with Crippen LogP contribution in [0.5, 0.6) is 0 Å². The van der Waals surface area contributed by atoms with Gasteiger partial charge in [-0.05, 0) is 38.3 Å². The van der Waals surface area contributed by atoms with Crippen LogP contribution in [-0.4, -0.2) is 96.7 Å². The fraction of sp³-hybridized carbons (Fsp3) is 0.880. The van der Waals surface area contributed by atoms with E-state index in [1.165, 1.54) is 0 Å². The fourth-order valence-corrected chi connectivity index (χ4v) is 8.73. The van der Waals surface area contributed by atoms with Gasteiger partial charge >= 0.3 is 0 Å². The Hall–Kier alpha value is -0.0131. The summed E-state index contributed by atoms with van der Waals surface area (Å²) in [7, 11) is -7.74. The summed E-state index contributed by atoms with van der Waals surface area (Å²) < 4.78 is 51.1. The van der Waals surface area contributed by atoms with Gasteiger partial charge in [-0.25, -0.2) is 6.57 Å². The van der Waals surface area contributed by atoms with E-state index < -0.39 is 35.4 Å². The molecule has 0 saturated carbocycles. The van der Waals surface area contributed by atoms with E-state index in [4.69, 9.17) is 43.1 Å². The lowest BCUT2D eigenvalue weighted by Crippen LogP contribution is -2.49. The zero-order chi connectivity index (χ0) is 27.8. The molecule has 214 valence electrons. The van der Waals surface area contributed by atoms with Crippen LogP contribution in [0.15, 0.2) is 0 Å². The van der Waals surface area contributed by atoms with Gasteiger partial charge in [-0.2, -0.15) is 0 Å². The summed E-state index contributed by atoms with van der Waals surface area (Å²) in [5.74, 6) is 0.0684. The van der Waals surface area contributed by atoms with E-state index in [2.05, 4.69) is 58.2 Å². The van der Waals surface area contributed by atoms with Crippen molar-refractivity contribution in [3.05, 3.63) is 11.4 Å². The lowest BCUT2D eigenvalue weighted by Gasteiger charge is -2.41. The minimum atomic E-state index is -3.07. The van der Waals surface area contributed by atoms with Crippen molar-refractivity contribution in [2.75, 3.05) is 33.0 Å². The van der Waals surface area contributed by atoms with Gasteiger partial charge in [-0.15, -0.1) is 0 Å². The van der Waals surface area contributed by atoms with Crippen molar-refractivity contribution in [1.29, 1.82) is 0 Å². The van der Waals surface area contributed by atoms with E-state index in [9.17, 15) is 0 Å². The van der Waals surface area contributed by atoms with Gasteiger partial charge in [0.05, 0.1) is 31.5 Å². The Labute approximate surface area is 225 Å². The standard InChI is InChI=1S/C25H47NO8P2Si/c1-17-18(2)30-20-15-28-35(8,9)32-24-21(16-29-36(10,33-22(17)20)27-14-13-26-7)31-19(3)23(24)34-37(11,12)25(4,5)6/h17-24H,8,10,13-16H2,1-6,9,11-12H3/t17?,18-,19-,20+,21+,22+,23+,24?,35?,36?/m0/s1. The van der Waals surface area contributed by atoms with Gasteiger partial charge in [-0.3, -0.25) is 0 Å². The number of ether oxygens (including phenoxy) is 2. The van der Waals surface area contributed by atoms with Gasteiger partial charge in [0.25, 0.3) is 7.57 Å². The smallest absolute Gasteiger partial charge is 0.251 e. The van der Waals surface area contributed by atoms with Crippen LogP contribution in [0.1, 0.15) is 41.5 Å². The van der Waals surface area contributed by atoms with E-state index in [0.29, 0.717) is 0 Å². The first-order valence-corrected chi connectivity index (χ1v) is 19.9. The molecule has 0 aromatic rings. The molecule has 3 saturated heterocycles. The number of nitrogens with zero attached hydrogens (tertiary/aromatic N) is 1. The summed E-state index contributed by atoms with van der Waals surface area (Å²) in [6.07, 6.45) is 6.41. The fourth-order valence-electron chi connectivity index (χ4n) is 4.45. The predicted octanol–water partition coefficient (Wildman–Crippen LogP) is 5.44. The van der Waals surface area contributed by atoms with E-state index in [1.54, 1.807) is 0 Å². The number of fused-ring (bicyclic) bond motifs is 2. The van der Waals surface area contributed by atoms with Gasteiger partial charge < -0.3 is 41.4 Å². The maximum Gasteiger partial charge on any atom is 0.251 e. The topological polar surface area (TPSA) is 78.2 Å². The Balaban J connectivity index is 1.92. The lowest BCUT2D eigenvalue weighted by atomic mass is 10.00. The Morgan fingerprint density at radius 2 is 1.57 bits per heavy atom. The first-order valence-electron chi connectivity index (χ1n) is 13.1. The van der Waals surface area contributed by atoms with Crippen molar-refractivity contribution >= 4 is 35.8 Å². The molecular weight excluding hydrogens is 532 g/mol. The molecule has 0 amide bonds. The van der Waals surface area contributed by atoms with Crippen molar-refractivity contribution in [3.8, 4) is 0 Å². The summed E-state index contributed by atoms with van der Waals surface area (Å²) in [5.41, 5.74) is 0. The van der Waals surface area contributed by atoms with Gasteiger partial charge in [0.15, 0.2) is 8.32 Å². The minimum absolute atomic E-state index is 0.0208. The van der Waals surface area contributed by atoms with Crippen LogP contribution >= 0.6 is 14.9 Å². The lowest BCUT2D eigenvalue weighted by molar-refractivity contribution is -0.0361. The van der Waals surface area contributed by atoms with Crippen LogP contribution in [0.2, 0.25) is 18.1 Å². The highest BCUT2D eigenvalue weighted by molar-refractivity contribution is 7.63. The molecule has 0 N–H and O–H groups in total. The van der Waals surface area contributed by atoms with Crippen molar-refractivity contribution in [2.45, 2.75) is 102 Å². The third-order valence-corrected chi connectivity index (χ3v) is 15.4. The third kappa shape index (κ3) is 7.59. The van der Waals surface area contributed by atoms with Gasteiger partial charge in [0, 0.05) is 12.6 Å². The van der Waals surface area contributed by atoms with Gasteiger partial charge in [0.1, 0.15) is 38.4 Å². The third-order valence-electron chi connectivity index (χ3n) is 7.86. The van der Waals surface area contributed by atoms with Crippen molar-refractivity contribution in [1.82, 2.24) is 0 Å². The van der Waals surface area contributed by atoms with Crippen LogP contribution in [0.3, 0.4) is 0 Å². The van der Waals surface area contributed by atoms with Crippen LogP contribution < -0.4 is 0 Å². The molecule has 3 aliphatic rings. The number of rotatable bonds is 5. The molecule has 3 rings (SSSR count).